The van der Waals surface area contributed by atoms with Crippen molar-refractivity contribution >= 4 is 34.3 Å². The number of hydrogen-bond acceptors (Lipinski definition) is 8. The van der Waals surface area contributed by atoms with Crippen LogP contribution in [0.1, 0.15) is 19.4 Å². The second-order valence-electron chi connectivity index (χ2n) is 9.34. The van der Waals surface area contributed by atoms with E-state index in [1.165, 1.54) is 5.69 Å². The SMILES string of the molecule is CC(C)(Cn1cc(Nc2ncc3cnn(Cc4cccc(N5CCOCC5)c4)c3n2)cn1)C(N)=O. The highest BCUT2D eigenvalue weighted by atomic mass is 16.5. The van der Waals surface area contributed by atoms with Crippen LogP contribution in [-0.4, -0.2) is 61.7 Å². The molecule has 3 N–H and O–H groups in total. The molecule has 0 saturated carbocycles. The maximum absolute atomic E-state index is 11.6. The van der Waals surface area contributed by atoms with Crippen LogP contribution in [0.3, 0.4) is 0 Å². The molecule has 5 rings (SSSR count). The molecule has 1 amide bonds. The fourth-order valence-electron chi connectivity index (χ4n) is 4.02. The summed E-state index contributed by atoms with van der Waals surface area (Å²) in [5.41, 5.74) is 8.56. The largest absolute Gasteiger partial charge is 0.378 e. The number of nitrogens with two attached hydrogens (primary N) is 1. The minimum absolute atomic E-state index is 0.375. The van der Waals surface area contributed by atoms with E-state index >= 15 is 0 Å². The molecule has 0 unspecified atom stereocenters. The van der Waals surface area contributed by atoms with Crippen molar-refractivity contribution in [3.8, 4) is 0 Å². The van der Waals surface area contributed by atoms with Gasteiger partial charge in [0.1, 0.15) is 0 Å². The fraction of sp³-hybridized carbons (Fsp3) is 0.375. The summed E-state index contributed by atoms with van der Waals surface area (Å²) in [4.78, 5) is 23.0. The van der Waals surface area contributed by atoms with Crippen LogP contribution in [0, 0.1) is 5.41 Å². The Morgan fingerprint density at radius 3 is 2.80 bits per heavy atom. The molecule has 4 heterocycles. The highest BCUT2D eigenvalue weighted by Crippen LogP contribution is 2.22. The van der Waals surface area contributed by atoms with Crippen LogP contribution in [0.2, 0.25) is 0 Å². The van der Waals surface area contributed by atoms with Crippen molar-refractivity contribution in [2.75, 3.05) is 36.5 Å². The Bertz CT molecular complexity index is 1340. The molecule has 0 bridgehead atoms. The van der Waals surface area contributed by atoms with E-state index in [0.717, 1.165) is 42.9 Å². The molecule has 1 fully saturated rings. The van der Waals surface area contributed by atoms with E-state index in [1.54, 1.807) is 43.3 Å². The van der Waals surface area contributed by atoms with Crippen molar-refractivity contribution in [1.82, 2.24) is 29.5 Å². The number of nitrogens with zero attached hydrogens (tertiary/aromatic N) is 7. The lowest BCUT2D eigenvalue weighted by Crippen LogP contribution is -2.36. The van der Waals surface area contributed by atoms with Gasteiger partial charge in [0.25, 0.3) is 0 Å². The number of benzene rings is 1. The monoisotopic (exact) mass is 475 g/mol. The van der Waals surface area contributed by atoms with Gasteiger partial charge in [-0.05, 0) is 31.5 Å². The molecular formula is C24H29N9O2. The maximum Gasteiger partial charge on any atom is 0.229 e. The van der Waals surface area contributed by atoms with Gasteiger partial charge in [0, 0.05) is 31.2 Å². The lowest BCUT2D eigenvalue weighted by atomic mass is 9.93. The zero-order chi connectivity index (χ0) is 24.4. The smallest absolute Gasteiger partial charge is 0.229 e. The molecule has 182 valence electrons. The Balaban J connectivity index is 1.32. The lowest BCUT2D eigenvalue weighted by molar-refractivity contribution is -0.126. The average Bonchev–Trinajstić information content (AvgIpc) is 3.46. The Morgan fingerprint density at radius 2 is 2.00 bits per heavy atom. The number of fused-ring (bicyclic) bond motifs is 1. The highest BCUT2D eigenvalue weighted by molar-refractivity contribution is 5.79. The average molecular weight is 476 g/mol. The summed E-state index contributed by atoms with van der Waals surface area (Å²) in [6, 6.07) is 8.50. The Hall–Kier alpha value is -3.99. The summed E-state index contributed by atoms with van der Waals surface area (Å²) >= 11 is 0. The van der Waals surface area contributed by atoms with Crippen LogP contribution < -0.4 is 16.0 Å². The normalized spacial score (nSPS) is 14.4. The number of hydrogen-bond donors (Lipinski definition) is 2. The van der Waals surface area contributed by atoms with Crippen molar-refractivity contribution in [1.29, 1.82) is 0 Å². The van der Waals surface area contributed by atoms with Crippen LogP contribution in [-0.2, 0) is 22.6 Å². The maximum atomic E-state index is 11.6. The Labute approximate surface area is 202 Å². The number of primary amides is 1. The van der Waals surface area contributed by atoms with Gasteiger partial charge in [0.15, 0.2) is 5.65 Å². The molecule has 1 aromatic carbocycles. The minimum atomic E-state index is -0.704. The number of amides is 1. The first-order valence-corrected chi connectivity index (χ1v) is 11.6. The van der Waals surface area contributed by atoms with E-state index in [4.69, 9.17) is 15.5 Å². The molecule has 0 aliphatic carbocycles. The summed E-state index contributed by atoms with van der Waals surface area (Å²) in [7, 11) is 0. The molecule has 0 atom stereocenters. The molecule has 3 aromatic heterocycles. The molecule has 35 heavy (non-hydrogen) atoms. The Kier molecular flexibility index (Phi) is 6.08. The van der Waals surface area contributed by atoms with Gasteiger partial charge in [0.05, 0.1) is 55.2 Å². The summed E-state index contributed by atoms with van der Waals surface area (Å²) in [6.45, 7) is 7.85. The molecule has 1 aliphatic rings. The number of ether oxygens (including phenoxy) is 1. The highest BCUT2D eigenvalue weighted by Gasteiger charge is 2.26. The van der Waals surface area contributed by atoms with Crippen LogP contribution >= 0.6 is 0 Å². The lowest BCUT2D eigenvalue weighted by Gasteiger charge is -2.29. The minimum Gasteiger partial charge on any atom is -0.378 e. The van der Waals surface area contributed by atoms with E-state index in [0.29, 0.717) is 24.7 Å². The number of rotatable bonds is 8. The number of carbonyl (C=O) groups is 1. The van der Waals surface area contributed by atoms with Crippen molar-refractivity contribution < 1.29 is 9.53 Å². The molecule has 11 heteroatoms. The first kappa shape index (κ1) is 22.8. The van der Waals surface area contributed by atoms with Gasteiger partial charge < -0.3 is 20.7 Å². The van der Waals surface area contributed by atoms with Gasteiger partial charge in [-0.3, -0.25) is 9.48 Å². The summed E-state index contributed by atoms with van der Waals surface area (Å²) in [5, 5.41) is 12.9. The molecular weight excluding hydrogens is 446 g/mol. The first-order chi connectivity index (χ1) is 16.9. The standard InChI is InChI=1S/C24H29N9O2/c1-24(2,22(25)34)16-32-15-19(13-27-32)29-23-26-11-18-12-28-33(21(18)30-23)14-17-4-3-5-20(10-17)31-6-8-35-9-7-31/h3-5,10-13,15H,6-9,14,16H2,1-2H3,(H2,25,34)(H,26,29,30). The van der Waals surface area contributed by atoms with Crippen LogP contribution in [0.5, 0.6) is 0 Å². The number of carbonyl (C=O) groups excluding carboxylic acids is 1. The number of aromatic nitrogens is 6. The van der Waals surface area contributed by atoms with Crippen LogP contribution in [0.25, 0.3) is 11.0 Å². The van der Waals surface area contributed by atoms with Crippen molar-refractivity contribution in [2.45, 2.75) is 26.9 Å². The van der Waals surface area contributed by atoms with E-state index < -0.39 is 5.41 Å². The van der Waals surface area contributed by atoms with Crippen molar-refractivity contribution in [2.24, 2.45) is 11.1 Å². The predicted octanol–water partition coefficient (Wildman–Crippen LogP) is 2.16. The molecule has 1 aliphatic heterocycles. The van der Waals surface area contributed by atoms with Gasteiger partial charge in [-0.25, -0.2) is 9.67 Å². The summed E-state index contributed by atoms with van der Waals surface area (Å²) in [5.74, 6) is 0.0649. The predicted molar refractivity (Wildman–Crippen MR) is 132 cm³/mol. The zero-order valence-electron chi connectivity index (χ0n) is 19.9. The van der Waals surface area contributed by atoms with E-state index in [9.17, 15) is 4.79 Å². The third-order valence-corrected chi connectivity index (χ3v) is 6.11. The van der Waals surface area contributed by atoms with Gasteiger partial charge in [-0.15, -0.1) is 0 Å². The number of morpholine rings is 1. The third kappa shape index (κ3) is 5.09. The molecule has 11 nitrogen and oxygen atoms in total. The zero-order valence-corrected chi connectivity index (χ0v) is 19.9. The number of nitrogens with one attached hydrogen (secondary N) is 1. The van der Waals surface area contributed by atoms with Crippen LogP contribution in [0.4, 0.5) is 17.3 Å². The summed E-state index contributed by atoms with van der Waals surface area (Å²) < 4.78 is 9.02. The van der Waals surface area contributed by atoms with Gasteiger partial charge >= 0.3 is 0 Å². The fourth-order valence-corrected chi connectivity index (χ4v) is 4.02. The van der Waals surface area contributed by atoms with Gasteiger partial charge in [0.2, 0.25) is 11.9 Å². The summed E-state index contributed by atoms with van der Waals surface area (Å²) in [6.07, 6.45) is 6.99. The number of anilines is 3. The van der Waals surface area contributed by atoms with E-state index in [-0.39, 0.29) is 5.91 Å². The van der Waals surface area contributed by atoms with E-state index in [1.807, 2.05) is 4.68 Å². The van der Waals surface area contributed by atoms with Crippen molar-refractivity contribution in [3.05, 3.63) is 54.6 Å². The second kappa shape index (κ2) is 9.34. The Morgan fingerprint density at radius 1 is 1.17 bits per heavy atom. The third-order valence-electron chi connectivity index (χ3n) is 6.11. The topological polar surface area (TPSA) is 129 Å². The molecule has 0 radical (unpaired) electrons. The van der Waals surface area contributed by atoms with Crippen molar-refractivity contribution in [3.63, 3.8) is 0 Å². The molecule has 4 aromatic rings. The quantitative estimate of drug-likeness (QED) is 0.397. The van der Waals surface area contributed by atoms with E-state index in [2.05, 4.69) is 49.7 Å². The molecule has 0 spiro atoms. The van der Waals surface area contributed by atoms with Crippen LogP contribution in [0.15, 0.2) is 49.1 Å². The van der Waals surface area contributed by atoms with Gasteiger partial charge in [-0.1, -0.05) is 12.1 Å². The second-order valence-corrected chi connectivity index (χ2v) is 9.34. The van der Waals surface area contributed by atoms with Gasteiger partial charge in [-0.2, -0.15) is 15.2 Å². The molecule has 1 saturated heterocycles. The first-order valence-electron chi connectivity index (χ1n) is 11.6.